The van der Waals surface area contributed by atoms with Crippen molar-refractivity contribution in [3.05, 3.63) is 70.5 Å². The predicted molar refractivity (Wildman–Crippen MR) is 140 cm³/mol. The fourth-order valence-electron chi connectivity index (χ4n) is 5.27. The molecule has 1 aromatic carbocycles. The topological polar surface area (TPSA) is 133 Å². The molecule has 0 radical (unpaired) electrons. The van der Waals surface area contributed by atoms with Crippen molar-refractivity contribution in [3.63, 3.8) is 0 Å². The van der Waals surface area contributed by atoms with Crippen LogP contribution in [0.5, 0.6) is 0 Å². The van der Waals surface area contributed by atoms with E-state index in [9.17, 15) is 14.7 Å². The molecule has 5 heterocycles. The van der Waals surface area contributed by atoms with Gasteiger partial charge in [-0.3, -0.25) is 15.1 Å². The van der Waals surface area contributed by atoms with Crippen LogP contribution in [0.3, 0.4) is 0 Å². The number of hydrogen-bond donors (Lipinski definition) is 3. The number of β-amino-alcohol motifs (C(OH)–C–C–N with tert-alkyl or cyclic N) is 1. The van der Waals surface area contributed by atoms with Gasteiger partial charge < -0.3 is 25.0 Å². The molecular weight excluding hydrogens is 529 g/mol. The quantitative estimate of drug-likeness (QED) is 0.436. The molecule has 3 aliphatic heterocycles. The highest BCUT2D eigenvalue weighted by molar-refractivity contribution is 6.31. The van der Waals surface area contributed by atoms with E-state index in [0.717, 1.165) is 11.4 Å². The van der Waals surface area contributed by atoms with Gasteiger partial charge in [0.25, 0.3) is 5.91 Å². The van der Waals surface area contributed by atoms with Gasteiger partial charge in [0.15, 0.2) is 11.4 Å². The Morgan fingerprint density at radius 2 is 2.00 bits per heavy atom. The summed E-state index contributed by atoms with van der Waals surface area (Å²) in [5.41, 5.74) is -0.523. The summed E-state index contributed by atoms with van der Waals surface area (Å²) in [6, 6.07) is 6.65. The van der Waals surface area contributed by atoms with Crippen LogP contribution in [0.4, 0.5) is 26.5 Å². The SMILES string of the molecule is CC1(O)CN(c2ccc(CNC(=O)c3cncc(N4CC[C@]5(C4)OC(=O)Nc4ccc(Cl)c(F)c45)n3)cn2)C1. The number of halogens is 2. The molecule has 2 amide bonds. The number of nitrogens with one attached hydrogen (secondary N) is 2. The summed E-state index contributed by atoms with van der Waals surface area (Å²) in [4.78, 5) is 41.9. The van der Waals surface area contributed by atoms with Crippen molar-refractivity contribution in [3.8, 4) is 0 Å². The Hall–Kier alpha value is -4.03. The highest BCUT2D eigenvalue weighted by Gasteiger charge is 2.50. The third kappa shape index (κ3) is 4.70. The van der Waals surface area contributed by atoms with Crippen LogP contribution >= 0.6 is 11.6 Å². The molecule has 0 saturated carbocycles. The Bertz CT molecular complexity index is 1460. The monoisotopic (exact) mass is 553 g/mol. The van der Waals surface area contributed by atoms with E-state index >= 15 is 4.39 Å². The lowest BCUT2D eigenvalue weighted by molar-refractivity contribution is 0.0263. The lowest BCUT2D eigenvalue weighted by Gasteiger charge is -2.44. The van der Waals surface area contributed by atoms with Crippen LogP contribution in [0.1, 0.15) is 35.0 Å². The standard InChI is InChI=1S/C26H25ClFN7O4/c1-25(38)12-35(13-25)19-5-2-15(8-30-19)9-31-23(36)18-10-29-11-20(32-18)34-7-6-26(14-34)21-17(33-24(37)39-26)4-3-16(27)22(21)28/h2-5,8,10-11,38H,6-7,9,12-14H2,1H3,(H,31,36)(H,33,37)/t26-/m1/s1. The van der Waals surface area contributed by atoms with Gasteiger partial charge in [0.1, 0.15) is 17.3 Å². The molecule has 3 aromatic rings. The second kappa shape index (κ2) is 9.31. The van der Waals surface area contributed by atoms with Crippen LogP contribution in [0.15, 0.2) is 42.9 Å². The zero-order valence-electron chi connectivity index (χ0n) is 20.9. The van der Waals surface area contributed by atoms with Crippen molar-refractivity contribution in [2.75, 3.05) is 41.3 Å². The zero-order valence-corrected chi connectivity index (χ0v) is 21.7. The number of benzene rings is 1. The van der Waals surface area contributed by atoms with Crippen molar-refractivity contribution in [2.45, 2.75) is 31.1 Å². The third-order valence-corrected chi connectivity index (χ3v) is 7.43. The van der Waals surface area contributed by atoms with Crippen molar-refractivity contribution in [1.82, 2.24) is 20.3 Å². The Kier molecular flexibility index (Phi) is 6.03. The molecule has 2 saturated heterocycles. The van der Waals surface area contributed by atoms with Crippen molar-refractivity contribution < 1.29 is 23.8 Å². The number of amides is 2. The minimum absolute atomic E-state index is 0.0664. The number of pyridine rings is 1. The number of anilines is 3. The fourth-order valence-corrected chi connectivity index (χ4v) is 5.42. The smallest absolute Gasteiger partial charge is 0.412 e. The van der Waals surface area contributed by atoms with E-state index in [4.69, 9.17) is 16.3 Å². The molecule has 0 aliphatic carbocycles. The maximum atomic E-state index is 15.1. The number of carbonyl (C=O) groups excluding carboxylic acids is 2. The first-order valence-corrected chi connectivity index (χ1v) is 12.8. The van der Waals surface area contributed by atoms with Crippen molar-refractivity contribution in [1.29, 1.82) is 0 Å². The molecule has 3 N–H and O–H groups in total. The van der Waals surface area contributed by atoms with E-state index in [1.165, 1.54) is 18.5 Å². The summed E-state index contributed by atoms with van der Waals surface area (Å²) >= 11 is 6.03. The average molecular weight is 554 g/mol. The highest BCUT2D eigenvalue weighted by Crippen LogP contribution is 2.46. The lowest BCUT2D eigenvalue weighted by atomic mass is 9.89. The molecule has 1 spiro atoms. The Morgan fingerprint density at radius 1 is 1.18 bits per heavy atom. The van der Waals surface area contributed by atoms with E-state index in [1.54, 1.807) is 24.1 Å². The molecule has 2 aromatic heterocycles. The number of carbonyl (C=O) groups is 2. The van der Waals surface area contributed by atoms with Gasteiger partial charge in [-0.15, -0.1) is 0 Å². The summed E-state index contributed by atoms with van der Waals surface area (Å²) in [7, 11) is 0. The van der Waals surface area contributed by atoms with Gasteiger partial charge in [0.2, 0.25) is 0 Å². The van der Waals surface area contributed by atoms with Gasteiger partial charge in [0.05, 0.1) is 40.8 Å². The molecule has 13 heteroatoms. The molecule has 0 bridgehead atoms. The molecular formula is C26H25ClFN7O4. The number of nitrogens with zero attached hydrogens (tertiary/aromatic N) is 5. The van der Waals surface area contributed by atoms with E-state index < -0.39 is 29.0 Å². The Labute approximate surface area is 228 Å². The molecule has 11 nitrogen and oxygen atoms in total. The number of fused-ring (bicyclic) bond motifs is 2. The third-order valence-electron chi connectivity index (χ3n) is 7.13. The molecule has 6 rings (SSSR count). The molecule has 0 unspecified atom stereocenters. The van der Waals surface area contributed by atoms with E-state index in [1.807, 2.05) is 17.0 Å². The number of ether oxygens (including phenoxy) is 1. The van der Waals surface area contributed by atoms with E-state index in [2.05, 4.69) is 25.6 Å². The number of aromatic nitrogens is 3. The minimum Gasteiger partial charge on any atom is -0.436 e. The van der Waals surface area contributed by atoms with Crippen LogP contribution in [0.25, 0.3) is 0 Å². The number of hydrogen-bond acceptors (Lipinski definition) is 9. The van der Waals surface area contributed by atoms with E-state index in [0.29, 0.717) is 37.6 Å². The lowest BCUT2D eigenvalue weighted by Crippen LogP contribution is -2.60. The first-order valence-electron chi connectivity index (χ1n) is 12.4. The van der Waals surface area contributed by atoms with Gasteiger partial charge in [-0.05, 0) is 30.7 Å². The van der Waals surface area contributed by atoms with Crippen LogP contribution < -0.4 is 20.4 Å². The number of aliphatic hydroxyl groups is 1. The number of rotatable bonds is 5. The maximum absolute atomic E-state index is 15.1. The van der Waals surface area contributed by atoms with Crippen molar-refractivity contribution in [2.24, 2.45) is 0 Å². The summed E-state index contributed by atoms with van der Waals surface area (Å²) in [5, 5.41) is 15.2. The largest absolute Gasteiger partial charge is 0.436 e. The Balaban J connectivity index is 1.13. The predicted octanol–water partition coefficient (Wildman–Crippen LogP) is 2.83. The van der Waals surface area contributed by atoms with Gasteiger partial charge in [-0.1, -0.05) is 17.7 Å². The maximum Gasteiger partial charge on any atom is 0.412 e. The highest BCUT2D eigenvalue weighted by atomic mass is 35.5. The first-order chi connectivity index (χ1) is 18.6. The average Bonchev–Trinajstić information content (AvgIpc) is 3.31. The summed E-state index contributed by atoms with van der Waals surface area (Å²) in [6.07, 6.45) is 4.17. The minimum atomic E-state index is -1.25. The molecule has 3 aliphatic rings. The second-order valence-corrected chi connectivity index (χ2v) is 10.7. The van der Waals surface area contributed by atoms with Gasteiger partial charge in [0, 0.05) is 38.8 Å². The van der Waals surface area contributed by atoms with Gasteiger partial charge in [-0.2, -0.15) is 0 Å². The molecule has 2 fully saturated rings. The second-order valence-electron chi connectivity index (χ2n) is 10.3. The summed E-state index contributed by atoms with van der Waals surface area (Å²) in [6.45, 7) is 3.58. The molecule has 1 atom stereocenters. The van der Waals surface area contributed by atoms with Gasteiger partial charge in [-0.25, -0.2) is 19.2 Å². The summed E-state index contributed by atoms with van der Waals surface area (Å²) in [5.74, 6) is 0.101. The summed E-state index contributed by atoms with van der Waals surface area (Å²) < 4.78 is 20.7. The van der Waals surface area contributed by atoms with Gasteiger partial charge >= 0.3 is 6.09 Å². The Morgan fingerprint density at radius 3 is 2.74 bits per heavy atom. The normalized spacial score (nSPS) is 21.2. The van der Waals surface area contributed by atoms with Crippen LogP contribution in [-0.4, -0.2) is 63.8 Å². The van der Waals surface area contributed by atoms with Crippen molar-refractivity contribution >= 4 is 40.9 Å². The fraction of sp³-hybridized carbons (Fsp3) is 0.346. The van der Waals surface area contributed by atoms with Crippen LogP contribution in [0.2, 0.25) is 5.02 Å². The zero-order chi connectivity index (χ0) is 27.4. The molecule has 39 heavy (non-hydrogen) atoms. The van der Waals surface area contributed by atoms with Crippen LogP contribution in [-0.2, 0) is 16.9 Å². The first kappa shape index (κ1) is 25.3. The molecule has 202 valence electrons. The van der Waals surface area contributed by atoms with E-state index in [-0.39, 0.29) is 29.4 Å². The van der Waals surface area contributed by atoms with Crippen LogP contribution in [0, 0.1) is 5.82 Å².